The van der Waals surface area contributed by atoms with Gasteiger partial charge in [-0.15, -0.1) is 11.3 Å². The molecule has 1 N–H and O–H groups in total. The molecule has 0 spiro atoms. The molecule has 158 valence electrons. The minimum Gasteiger partial charge on any atom is -0.497 e. The van der Waals surface area contributed by atoms with Crippen LogP contribution in [0.3, 0.4) is 0 Å². The van der Waals surface area contributed by atoms with Gasteiger partial charge in [0, 0.05) is 23.5 Å². The molecule has 1 atom stereocenters. The minimum absolute atomic E-state index is 0.145. The summed E-state index contributed by atoms with van der Waals surface area (Å²) in [6, 6.07) is 15.3. The van der Waals surface area contributed by atoms with Crippen molar-refractivity contribution in [2.45, 2.75) is 31.7 Å². The van der Waals surface area contributed by atoms with Crippen molar-refractivity contribution in [3.63, 3.8) is 0 Å². The van der Waals surface area contributed by atoms with Gasteiger partial charge < -0.3 is 9.64 Å². The SMILES string of the molecule is COc1ccc(C(=O)Nc2nc3c(s2)CC[C@@H]3C(=O)N2CCc3ccccc3C2)cc1. The summed E-state index contributed by atoms with van der Waals surface area (Å²) in [5, 5.41) is 3.43. The summed E-state index contributed by atoms with van der Waals surface area (Å²) in [7, 11) is 1.59. The Balaban J connectivity index is 1.29. The Bertz CT molecular complexity index is 1140. The van der Waals surface area contributed by atoms with Crippen LogP contribution in [0.25, 0.3) is 0 Å². The van der Waals surface area contributed by atoms with E-state index in [0.29, 0.717) is 23.0 Å². The first-order chi connectivity index (χ1) is 15.1. The zero-order valence-corrected chi connectivity index (χ0v) is 18.1. The molecule has 0 fully saturated rings. The molecule has 0 unspecified atom stereocenters. The summed E-state index contributed by atoms with van der Waals surface area (Å²) in [6.45, 7) is 1.40. The van der Waals surface area contributed by atoms with Crippen LogP contribution in [0.15, 0.2) is 48.5 Å². The van der Waals surface area contributed by atoms with Gasteiger partial charge in [-0.2, -0.15) is 0 Å². The van der Waals surface area contributed by atoms with E-state index in [-0.39, 0.29) is 17.7 Å². The number of amides is 2. The van der Waals surface area contributed by atoms with Crippen molar-refractivity contribution in [3.05, 3.63) is 75.8 Å². The summed E-state index contributed by atoms with van der Waals surface area (Å²) < 4.78 is 5.13. The number of methoxy groups -OCH3 is 1. The molecule has 0 saturated heterocycles. The van der Waals surface area contributed by atoms with Crippen LogP contribution in [0.4, 0.5) is 5.13 Å². The molecule has 0 saturated carbocycles. The second-order valence-corrected chi connectivity index (χ2v) is 8.96. The number of carbonyl (C=O) groups is 2. The van der Waals surface area contributed by atoms with Crippen molar-refractivity contribution in [3.8, 4) is 5.75 Å². The Morgan fingerprint density at radius 1 is 1.10 bits per heavy atom. The second-order valence-electron chi connectivity index (χ2n) is 7.88. The molecule has 6 nitrogen and oxygen atoms in total. The normalized spacial score (nSPS) is 17.1. The molecule has 2 aromatic carbocycles. The fraction of sp³-hybridized carbons (Fsp3) is 0.292. The lowest BCUT2D eigenvalue weighted by Crippen LogP contribution is -2.38. The van der Waals surface area contributed by atoms with Crippen LogP contribution >= 0.6 is 11.3 Å². The van der Waals surface area contributed by atoms with Crippen LogP contribution in [-0.2, 0) is 24.2 Å². The van der Waals surface area contributed by atoms with Crippen LogP contribution in [0.5, 0.6) is 5.75 Å². The van der Waals surface area contributed by atoms with Crippen LogP contribution in [0.2, 0.25) is 0 Å². The highest BCUT2D eigenvalue weighted by Gasteiger charge is 2.36. The van der Waals surface area contributed by atoms with Crippen molar-refractivity contribution in [1.29, 1.82) is 0 Å². The number of nitrogens with one attached hydrogen (secondary N) is 1. The van der Waals surface area contributed by atoms with Crippen molar-refractivity contribution in [2.75, 3.05) is 19.0 Å². The van der Waals surface area contributed by atoms with Gasteiger partial charge >= 0.3 is 0 Å². The Morgan fingerprint density at radius 3 is 2.65 bits per heavy atom. The molecule has 7 heteroatoms. The van der Waals surface area contributed by atoms with Gasteiger partial charge in [-0.3, -0.25) is 14.9 Å². The van der Waals surface area contributed by atoms with Gasteiger partial charge in [-0.25, -0.2) is 4.98 Å². The highest BCUT2D eigenvalue weighted by Crippen LogP contribution is 2.40. The number of anilines is 1. The maximum atomic E-state index is 13.3. The zero-order valence-electron chi connectivity index (χ0n) is 17.3. The van der Waals surface area contributed by atoms with Gasteiger partial charge in [0.15, 0.2) is 5.13 Å². The van der Waals surface area contributed by atoms with Crippen molar-refractivity contribution in [2.24, 2.45) is 0 Å². The van der Waals surface area contributed by atoms with E-state index in [0.717, 1.165) is 36.4 Å². The molecule has 2 amide bonds. The van der Waals surface area contributed by atoms with Crippen molar-refractivity contribution >= 4 is 28.3 Å². The number of benzene rings is 2. The molecule has 0 bridgehead atoms. The van der Waals surface area contributed by atoms with E-state index in [1.807, 2.05) is 11.0 Å². The lowest BCUT2D eigenvalue weighted by molar-refractivity contribution is -0.133. The van der Waals surface area contributed by atoms with Crippen LogP contribution in [-0.4, -0.2) is 35.4 Å². The van der Waals surface area contributed by atoms with E-state index >= 15 is 0 Å². The molecule has 3 aromatic rings. The lowest BCUT2D eigenvalue weighted by atomic mass is 9.97. The first-order valence-electron chi connectivity index (χ1n) is 10.4. The number of aryl methyl sites for hydroxylation is 1. The molecule has 1 aromatic heterocycles. The first-order valence-corrected chi connectivity index (χ1v) is 11.2. The number of hydrogen-bond acceptors (Lipinski definition) is 5. The Labute approximate surface area is 184 Å². The van der Waals surface area contributed by atoms with Crippen molar-refractivity contribution in [1.82, 2.24) is 9.88 Å². The molecule has 0 radical (unpaired) electrons. The smallest absolute Gasteiger partial charge is 0.257 e. The molecule has 2 heterocycles. The minimum atomic E-state index is -0.219. The molecule has 1 aliphatic carbocycles. The van der Waals surface area contributed by atoms with Crippen LogP contribution in [0.1, 0.15) is 44.4 Å². The number of thiazole rings is 1. The zero-order chi connectivity index (χ0) is 21.4. The predicted molar refractivity (Wildman–Crippen MR) is 120 cm³/mol. The molecule has 5 rings (SSSR count). The largest absolute Gasteiger partial charge is 0.497 e. The monoisotopic (exact) mass is 433 g/mol. The summed E-state index contributed by atoms with van der Waals surface area (Å²) in [5.41, 5.74) is 3.93. The Kier molecular flexibility index (Phi) is 5.19. The maximum absolute atomic E-state index is 13.3. The number of hydrogen-bond donors (Lipinski definition) is 1. The first kappa shape index (κ1) is 19.8. The van der Waals surface area contributed by atoms with Crippen molar-refractivity contribution < 1.29 is 14.3 Å². The van der Waals surface area contributed by atoms with Gasteiger partial charge in [0.05, 0.1) is 18.7 Å². The lowest BCUT2D eigenvalue weighted by Gasteiger charge is -2.30. The summed E-state index contributed by atoms with van der Waals surface area (Å²) in [6.07, 6.45) is 2.51. The molecule has 2 aliphatic rings. The molecular weight excluding hydrogens is 410 g/mol. The number of rotatable bonds is 4. The van der Waals surface area contributed by atoms with Gasteiger partial charge in [0.2, 0.25) is 5.91 Å². The number of ether oxygens (including phenoxy) is 1. The van der Waals surface area contributed by atoms with E-state index in [1.165, 1.54) is 22.5 Å². The Morgan fingerprint density at radius 2 is 1.87 bits per heavy atom. The number of carbonyl (C=O) groups excluding carboxylic acids is 2. The summed E-state index contributed by atoms with van der Waals surface area (Å²) in [4.78, 5) is 33.5. The summed E-state index contributed by atoms with van der Waals surface area (Å²) in [5.74, 6) is 0.409. The van der Waals surface area contributed by atoms with Gasteiger partial charge in [0.25, 0.3) is 5.91 Å². The highest BCUT2D eigenvalue weighted by molar-refractivity contribution is 7.16. The average Bonchev–Trinajstić information content (AvgIpc) is 3.38. The fourth-order valence-electron chi connectivity index (χ4n) is 4.34. The van der Waals surface area contributed by atoms with E-state index in [1.54, 1.807) is 31.4 Å². The second kappa shape index (κ2) is 8.15. The maximum Gasteiger partial charge on any atom is 0.257 e. The van der Waals surface area contributed by atoms with Crippen LogP contribution < -0.4 is 10.1 Å². The van der Waals surface area contributed by atoms with Gasteiger partial charge in [-0.1, -0.05) is 24.3 Å². The summed E-state index contributed by atoms with van der Waals surface area (Å²) >= 11 is 1.47. The quantitative estimate of drug-likeness (QED) is 0.675. The third-order valence-electron chi connectivity index (χ3n) is 6.03. The predicted octanol–water partition coefficient (Wildman–Crippen LogP) is 4.02. The van der Waals surface area contributed by atoms with Gasteiger partial charge in [0.1, 0.15) is 5.75 Å². The third kappa shape index (κ3) is 3.81. The van der Waals surface area contributed by atoms with E-state index in [4.69, 9.17) is 4.74 Å². The molecular formula is C24H23N3O3S. The third-order valence-corrected chi connectivity index (χ3v) is 7.08. The highest BCUT2D eigenvalue weighted by atomic mass is 32.1. The van der Waals surface area contributed by atoms with E-state index < -0.39 is 0 Å². The number of fused-ring (bicyclic) bond motifs is 2. The van der Waals surface area contributed by atoms with E-state index in [2.05, 4.69) is 28.5 Å². The fourth-order valence-corrected chi connectivity index (χ4v) is 5.37. The average molecular weight is 434 g/mol. The topological polar surface area (TPSA) is 71.5 Å². The number of nitrogens with zero attached hydrogens (tertiary/aromatic N) is 2. The number of aromatic nitrogens is 1. The van der Waals surface area contributed by atoms with Gasteiger partial charge in [-0.05, 0) is 54.7 Å². The Hall–Kier alpha value is -3.19. The molecule has 31 heavy (non-hydrogen) atoms. The standard InChI is InChI=1S/C24H23N3O3S/c1-30-18-8-6-16(7-9-18)22(28)26-24-25-21-19(10-11-20(21)31-24)23(29)27-13-12-15-4-2-3-5-17(15)14-27/h2-9,19H,10-14H2,1H3,(H,25,26,28)/t19-/m0/s1. The van der Waals surface area contributed by atoms with E-state index in [9.17, 15) is 9.59 Å². The molecule has 1 aliphatic heterocycles. The van der Waals surface area contributed by atoms with Crippen LogP contribution in [0, 0.1) is 0 Å².